The molecule has 1 aromatic carbocycles. The van der Waals surface area contributed by atoms with Crippen molar-refractivity contribution in [3.05, 3.63) is 60.6 Å². The molecule has 14 heteroatoms. The Bertz CT molecular complexity index is 1620. The lowest BCUT2D eigenvalue weighted by Crippen LogP contribution is -2.66. The average molecular weight is 725 g/mol. The third-order valence-corrected chi connectivity index (χ3v) is 10.3. The molecular weight excluding hydrogens is 691 g/mol. The normalized spacial score (nSPS) is 20.1. The number of benzene rings is 1. The van der Waals surface area contributed by atoms with Crippen LogP contribution >= 0.6 is 28.4 Å². The van der Waals surface area contributed by atoms with Gasteiger partial charge in [0.1, 0.15) is 11.2 Å². The molecule has 2 N–H and O–H groups in total. The summed E-state index contributed by atoms with van der Waals surface area (Å²) >= 11 is 2.21. The van der Waals surface area contributed by atoms with Gasteiger partial charge in [0.25, 0.3) is 0 Å². The molecule has 1 saturated carbocycles. The summed E-state index contributed by atoms with van der Waals surface area (Å²) in [5.74, 6) is 0.401. The topological polar surface area (TPSA) is 92.9 Å². The van der Waals surface area contributed by atoms with Gasteiger partial charge in [0, 0.05) is 36.8 Å². The highest BCUT2D eigenvalue weighted by Gasteiger charge is 2.65. The predicted molar refractivity (Wildman–Crippen MR) is 170 cm³/mol. The lowest BCUT2D eigenvalue weighted by Gasteiger charge is -2.48. The number of rotatable bonds is 8. The van der Waals surface area contributed by atoms with Crippen molar-refractivity contribution < 1.29 is 18.0 Å². The SMILES string of the molecule is CC(C)Cn1ncc2cnc(-c3nn(PI)cc3NC(=O)N3CCC(NCc4ccccc4)(C(F)(F)F)CC34CC4)cc21. The molecular formula is C29H33F3IN8OP. The fraction of sp³-hybridized carbons (Fsp3) is 0.448. The molecule has 3 aromatic heterocycles. The van der Waals surface area contributed by atoms with E-state index in [1.54, 1.807) is 27.9 Å². The molecule has 4 aromatic rings. The quantitative estimate of drug-likeness (QED) is 0.151. The second kappa shape index (κ2) is 11.6. The number of amides is 2. The average Bonchev–Trinajstić information content (AvgIpc) is 3.42. The Labute approximate surface area is 262 Å². The Kier molecular flexibility index (Phi) is 8.18. The van der Waals surface area contributed by atoms with E-state index in [1.807, 2.05) is 41.1 Å². The molecule has 1 aliphatic carbocycles. The first-order valence-electron chi connectivity index (χ1n) is 14.3. The van der Waals surface area contributed by atoms with Gasteiger partial charge in [0.15, 0.2) is 0 Å². The van der Waals surface area contributed by atoms with Crippen LogP contribution in [0.2, 0.25) is 0 Å². The molecule has 2 unspecified atom stereocenters. The maximum absolute atomic E-state index is 14.6. The zero-order chi connectivity index (χ0) is 30.4. The molecule has 1 spiro atoms. The molecule has 0 radical (unpaired) electrons. The highest BCUT2D eigenvalue weighted by molar-refractivity contribution is 14.2. The number of hydrogen-bond donors (Lipinski definition) is 2. The molecule has 9 nitrogen and oxygen atoms in total. The summed E-state index contributed by atoms with van der Waals surface area (Å²) in [7, 11) is 0. The monoisotopic (exact) mass is 724 g/mol. The van der Waals surface area contributed by atoms with Crippen LogP contribution in [0.4, 0.5) is 23.7 Å². The summed E-state index contributed by atoms with van der Waals surface area (Å²) in [6.45, 7) is 5.09. The molecule has 2 atom stereocenters. The van der Waals surface area contributed by atoms with Gasteiger partial charge in [0.2, 0.25) is 0 Å². The molecule has 228 valence electrons. The van der Waals surface area contributed by atoms with Crippen LogP contribution in [0, 0.1) is 5.92 Å². The summed E-state index contributed by atoms with van der Waals surface area (Å²) in [5.41, 5.74) is 0.366. The van der Waals surface area contributed by atoms with Gasteiger partial charge in [-0.3, -0.25) is 15.0 Å². The first-order chi connectivity index (χ1) is 20.5. The highest BCUT2D eigenvalue weighted by atomic mass is 127. The van der Waals surface area contributed by atoms with Gasteiger partial charge in [-0.15, -0.1) is 0 Å². The number of likely N-dealkylation sites (tertiary alicyclic amines) is 1. The van der Waals surface area contributed by atoms with Gasteiger partial charge < -0.3 is 10.2 Å². The summed E-state index contributed by atoms with van der Waals surface area (Å²) < 4.78 is 47.5. The lowest BCUT2D eigenvalue weighted by molar-refractivity contribution is -0.214. The smallest absolute Gasteiger partial charge is 0.319 e. The van der Waals surface area contributed by atoms with Gasteiger partial charge in [-0.25, -0.2) is 9.25 Å². The Morgan fingerprint density at radius 1 is 1.16 bits per heavy atom. The van der Waals surface area contributed by atoms with Crippen molar-refractivity contribution in [2.24, 2.45) is 5.92 Å². The van der Waals surface area contributed by atoms with Crippen LogP contribution in [-0.4, -0.2) is 59.0 Å². The summed E-state index contributed by atoms with van der Waals surface area (Å²) in [4.78, 5) is 19.9. The minimum absolute atomic E-state index is 0.0107. The number of nitrogens with one attached hydrogen (secondary N) is 2. The number of carbonyl (C=O) groups is 1. The van der Waals surface area contributed by atoms with Crippen LogP contribution in [0.5, 0.6) is 0 Å². The maximum atomic E-state index is 14.6. The Hall–Kier alpha value is -2.77. The van der Waals surface area contributed by atoms with Crippen LogP contribution < -0.4 is 10.6 Å². The zero-order valence-corrected chi connectivity index (χ0v) is 27.0. The van der Waals surface area contributed by atoms with Crippen LogP contribution in [0.25, 0.3) is 22.3 Å². The van der Waals surface area contributed by atoms with Crippen LogP contribution in [0.15, 0.2) is 55.0 Å². The van der Waals surface area contributed by atoms with Crippen molar-refractivity contribution in [1.29, 1.82) is 0 Å². The van der Waals surface area contributed by atoms with E-state index in [9.17, 15) is 18.0 Å². The summed E-state index contributed by atoms with van der Waals surface area (Å²) in [5, 5.41) is 15.9. The first-order valence-corrected chi connectivity index (χ1v) is 18.3. The van der Waals surface area contributed by atoms with E-state index in [1.165, 1.54) is 0 Å². The van der Waals surface area contributed by atoms with E-state index < -0.39 is 23.3 Å². The maximum Gasteiger partial charge on any atom is 0.406 e. The fourth-order valence-corrected chi connectivity index (χ4v) is 7.08. The number of carbonyl (C=O) groups excluding carboxylic acids is 1. The third-order valence-electron chi connectivity index (χ3n) is 8.40. The van der Waals surface area contributed by atoms with E-state index in [2.05, 4.69) is 61.7 Å². The number of pyridine rings is 1. The zero-order valence-electron chi connectivity index (χ0n) is 23.8. The van der Waals surface area contributed by atoms with Gasteiger partial charge in [-0.1, -0.05) is 44.2 Å². The predicted octanol–water partition coefficient (Wildman–Crippen LogP) is 6.99. The van der Waals surface area contributed by atoms with E-state index in [-0.39, 0.29) is 32.3 Å². The van der Waals surface area contributed by atoms with Crippen molar-refractivity contribution in [1.82, 2.24) is 34.5 Å². The molecule has 2 amide bonds. The van der Waals surface area contributed by atoms with Crippen molar-refractivity contribution >= 4 is 51.0 Å². The van der Waals surface area contributed by atoms with Crippen molar-refractivity contribution in [2.75, 3.05) is 11.9 Å². The molecule has 1 aliphatic heterocycles. The number of alkyl halides is 3. The van der Waals surface area contributed by atoms with E-state index in [0.717, 1.165) is 23.0 Å². The van der Waals surface area contributed by atoms with Crippen LogP contribution in [0.3, 0.4) is 0 Å². The highest BCUT2D eigenvalue weighted by Crippen LogP contribution is 2.55. The second-order valence-corrected chi connectivity index (χ2v) is 14.0. The number of nitrogens with zero attached hydrogens (tertiary/aromatic N) is 6. The summed E-state index contributed by atoms with van der Waals surface area (Å²) in [6.07, 6.45) is 1.77. The molecule has 2 aliphatic rings. The molecule has 1 saturated heterocycles. The fourth-order valence-electron chi connectivity index (χ4n) is 6.03. The molecule has 0 bridgehead atoms. The standard InChI is InChI=1S/C29H33F3IN8OP/c1-19(2)16-40-24-12-22(34-14-21(24)15-36-40)25-23(17-41(38-25)43-33)37-26(42)39-11-10-28(29(30,31)32,18-27(39)8-9-27)35-13-20-6-4-3-5-7-20/h3-7,12,14-15,17,19,35,43H,8-11,13,16,18H2,1-2H3,(H,37,42). The van der Waals surface area contributed by atoms with E-state index >= 15 is 0 Å². The first kappa shape index (κ1) is 30.3. The number of fused-ring (bicyclic) bond motifs is 1. The Morgan fingerprint density at radius 3 is 2.60 bits per heavy atom. The van der Waals surface area contributed by atoms with E-state index in [4.69, 9.17) is 0 Å². The van der Waals surface area contributed by atoms with Gasteiger partial charge in [-0.05, 0) is 65.3 Å². The Morgan fingerprint density at radius 2 is 1.93 bits per heavy atom. The third kappa shape index (κ3) is 6.00. The number of urea groups is 1. The number of piperidine rings is 1. The molecule has 43 heavy (non-hydrogen) atoms. The van der Waals surface area contributed by atoms with Crippen molar-refractivity contribution in [3.63, 3.8) is 0 Å². The van der Waals surface area contributed by atoms with Crippen molar-refractivity contribution in [3.8, 4) is 11.4 Å². The summed E-state index contributed by atoms with van der Waals surface area (Å²) in [6, 6.07) is 10.6. The van der Waals surface area contributed by atoms with Gasteiger partial charge >= 0.3 is 12.2 Å². The minimum Gasteiger partial charge on any atom is -0.319 e. The lowest BCUT2D eigenvalue weighted by atomic mass is 9.80. The minimum atomic E-state index is -4.46. The number of hydrogen-bond acceptors (Lipinski definition) is 5. The molecule has 2 fully saturated rings. The van der Waals surface area contributed by atoms with Crippen LogP contribution in [0.1, 0.15) is 45.1 Å². The Balaban J connectivity index is 1.24. The van der Waals surface area contributed by atoms with E-state index in [0.29, 0.717) is 35.8 Å². The number of halogens is 4. The van der Waals surface area contributed by atoms with Gasteiger partial charge in [0.05, 0.1) is 35.7 Å². The van der Waals surface area contributed by atoms with Gasteiger partial charge in [-0.2, -0.15) is 23.4 Å². The number of aromatic nitrogens is 5. The number of anilines is 1. The molecule has 4 heterocycles. The molecule has 6 rings (SSSR count). The van der Waals surface area contributed by atoms with Crippen LogP contribution in [-0.2, 0) is 13.1 Å². The van der Waals surface area contributed by atoms with Crippen molar-refractivity contribution in [2.45, 2.75) is 69.9 Å². The largest absolute Gasteiger partial charge is 0.406 e. The second-order valence-electron chi connectivity index (χ2n) is 11.9.